The molecule has 0 aromatic heterocycles. The fraction of sp³-hybridized carbons (Fsp3) is 0.429. The first-order valence-electron chi connectivity index (χ1n) is 6.44. The number of nitrogens with zero attached hydrogens (tertiary/aromatic N) is 1. The molecule has 0 unspecified atom stereocenters. The van der Waals surface area contributed by atoms with E-state index in [0.29, 0.717) is 29.0 Å². The van der Waals surface area contributed by atoms with E-state index in [0.717, 1.165) is 6.42 Å². The number of carbonyl (C=O) groups excluding carboxylic acids is 1. The van der Waals surface area contributed by atoms with E-state index in [1.165, 1.54) is 0 Å². The van der Waals surface area contributed by atoms with Crippen LogP contribution >= 0.6 is 23.2 Å². The number of hydrogen-bond donors (Lipinski definition) is 1. The van der Waals surface area contributed by atoms with Crippen molar-refractivity contribution in [1.82, 2.24) is 5.32 Å². The van der Waals surface area contributed by atoms with Gasteiger partial charge in [-0.1, -0.05) is 23.2 Å². The van der Waals surface area contributed by atoms with Gasteiger partial charge < -0.3 is 14.8 Å². The van der Waals surface area contributed by atoms with Crippen molar-refractivity contribution in [2.75, 3.05) is 19.8 Å². The van der Waals surface area contributed by atoms with Gasteiger partial charge in [0.25, 0.3) is 5.91 Å². The zero-order chi connectivity index (χ0) is 15.2. The lowest BCUT2D eigenvalue weighted by atomic mass is 10.0. The summed E-state index contributed by atoms with van der Waals surface area (Å²) < 4.78 is 10.5. The van der Waals surface area contributed by atoms with Crippen molar-refractivity contribution in [3.8, 4) is 11.8 Å². The highest BCUT2D eigenvalue weighted by atomic mass is 35.5. The molecule has 0 aliphatic carbocycles. The quantitative estimate of drug-likeness (QED) is 0.900. The molecule has 1 aliphatic rings. The lowest BCUT2D eigenvalue weighted by Crippen LogP contribution is -2.41. The maximum Gasteiger partial charge on any atom is 0.258 e. The Morgan fingerprint density at radius 3 is 2.76 bits per heavy atom. The summed E-state index contributed by atoms with van der Waals surface area (Å²) in [5.74, 6) is 0.0597. The molecule has 1 saturated heterocycles. The predicted octanol–water partition coefficient (Wildman–Crippen LogP) is 2.42. The maximum absolute atomic E-state index is 11.8. The minimum absolute atomic E-state index is 0.0274. The van der Waals surface area contributed by atoms with E-state index >= 15 is 0 Å². The topological polar surface area (TPSA) is 71.4 Å². The molecule has 0 bridgehead atoms. The van der Waals surface area contributed by atoms with Crippen LogP contribution in [-0.4, -0.2) is 31.8 Å². The third kappa shape index (κ3) is 4.78. The van der Waals surface area contributed by atoms with E-state index in [4.69, 9.17) is 37.9 Å². The first-order valence-corrected chi connectivity index (χ1v) is 7.19. The van der Waals surface area contributed by atoms with Gasteiger partial charge in [0.05, 0.1) is 12.7 Å². The van der Waals surface area contributed by atoms with Crippen molar-refractivity contribution in [1.29, 1.82) is 5.26 Å². The zero-order valence-corrected chi connectivity index (χ0v) is 12.7. The summed E-state index contributed by atoms with van der Waals surface area (Å²) in [7, 11) is 0. The number of nitriles is 1. The molecular formula is C14H14Cl2N2O3. The highest BCUT2D eigenvalue weighted by Gasteiger charge is 2.27. The summed E-state index contributed by atoms with van der Waals surface area (Å²) in [6.07, 6.45) is 0.767. The molecule has 1 N–H and O–H groups in total. The molecule has 1 fully saturated rings. The molecule has 1 heterocycles. The second-order valence-corrected chi connectivity index (χ2v) is 5.56. The fourth-order valence-corrected chi connectivity index (χ4v) is 2.55. The molecule has 2 rings (SSSR count). The van der Waals surface area contributed by atoms with Crippen LogP contribution in [0.2, 0.25) is 10.0 Å². The Morgan fingerprint density at radius 1 is 1.48 bits per heavy atom. The maximum atomic E-state index is 11.8. The molecule has 1 aromatic rings. The third-order valence-corrected chi connectivity index (χ3v) is 3.53. The third-order valence-electron chi connectivity index (χ3n) is 3.10. The van der Waals surface area contributed by atoms with Crippen molar-refractivity contribution in [3.63, 3.8) is 0 Å². The van der Waals surface area contributed by atoms with Gasteiger partial charge in [0, 0.05) is 22.6 Å². The lowest BCUT2D eigenvalue weighted by Gasteiger charge is -2.16. The summed E-state index contributed by atoms with van der Waals surface area (Å²) in [5.41, 5.74) is 0. The lowest BCUT2D eigenvalue weighted by molar-refractivity contribution is -0.123. The smallest absolute Gasteiger partial charge is 0.258 e. The number of halogens is 2. The molecular weight excluding hydrogens is 315 g/mol. The number of ether oxygens (including phenoxy) is 2. The number of amides is 1. The number of benzene rings is 1. The summed E-state index contributed by atoms with van der Waals surface area (Å²) in [5, 5.41) is 12.6. The molecule has 1 aromatic carbocycles. The molecule has 2 atom stereocenters. The normalized spacial score (nSPS) is 18.8. The second-order valence-electron chi connectivity index (χ2n) is 4.69. The van der Waals surface area contributed by atoms with Crippen LogP contribution in [0, 0.1) is 17.2 Å². The van der Waals surface area contributed by atoms with Crippen LogP contribution in [0.15, 0.2) is 18.2 Å². The van der Waals surface area contributed by atoms with Crippen LogP contribution in [0.25, 0.3) is 0 Å². The number of hydrogen-bond acceptors (Lipinski definition) is 4. The summed E-state index contributed by atoms with van der Waals surface area (Å²) >= 11 is 11.7. The van der Waals surface area contributed by atoms with Crippen LogP contribution < -0.4 is 10.1 Å². The molecule has 5 nitrogen and oxygen atoms in total. The molecule has 112 valence electrons. The number of nitrogens with one attached hydrogen (secondary N) is 1. The first kappa shape index (κ1) is 15.9. The van der Waals surface area contributed by atoms with Gasteiger partial charge in [-0.3, -0.25) is 4.79 Å². The van der Waals surface area contributed by atoms with E-state index in [9.17, 15) is 4.79 Å². The number of rotatable bonds is 5. The molecule has 0 saturated carbocycles. The fourth-order valence-electron chi connectivity index (χ4n) is 2.05. The van der Waals surface area contributed by atoms with E-state index in [1.807, 2.05) is 0 Å². The highest BCUT2D eigenvalue weighted by molar-refractivity contribution is 6.34. The minimum Gasteiger partial charge on any atom is -0.484 e. The van der Waals surface area contributed by atoms with Crippen molar-refractivity contribution in [2.45, 2.75) is 12.5 Å². The van der Waals surface area contributed by atoms with E-state index in [1.54, 1.807) is 18.2 Å². The van der Waals surface area contributed by atoms with E-state index in [2.05, 4.69) is 11.4 Å². The van der Waals surface area contributed by atoms with Gasteiger partial charge in [-0.05, 0) is 24.6 Å². The highest BCUT2D eigenvalue weighted by Crippen LogP contribution is 2.24. The summed E-state index contributed by atoms with van der Waals surface area (Å²) in [6, 6.07) is 6.22. The largest absolute Gasteiger partial charge is 0.484 e. The van der Waals surface area contributed by atoms with E-state index < -0.39 is 6.04 Å². The molecule has 1 aliphatic heterocycles. The van der Waals surface area contributed by atoms with Gasteiger partial charge in [-0.2, -0.15) is 5.26 Å². The van der Waals surface area contributed by atoms with Gasteiger partial charge in [-0.25, -0.2) is 0 Å². The molecule has 0 radical (unpaired) electrons. The zero-order valence-electron chi connectivity index (χ0n) is 11.1. The summed E-state index contributed by atoms with van der Waals surface area (Å²) in [4.78, 5) is 11.8. The van der Waals surface area contributed by atoms with Crippen molar-refractivity contribution in [3.05, 3.63) is 28.2 Å². The predicted molar refractivity (Wildman–Crippen MR) is 78.4 cm³/mol. The molecule has 21 heavy (non-hydrogen) atoms. The Kier molecular flexibility index (Phi) is 5.68. The average Bonchev–Trinajstić information content (AvgIpc) is 2.95. The van der Waals surface area contributed by atoms with Crippen molar-refractivity contribution in [2.24, 2.45) is 5.92 Å². The summed E-state index contributed by atoms with van der Waals surface area (Å²) in [6.45, 7) is 0.905. The average molecular weight is 329 g/mol. The Hall–Kier alpha value is -1.48. The Bertz CT molecular complexity index is 533. The second kappa shape index (κ2) is 7.51. The van der Waals surface area contributed by atoms with Crippen LogP contribution in [0.3, 0.4) is 0 Å². The number of carbonyl (C=O) groups is 1. The molecule has 7 heteroatoms. The molecule has 0 spiro atoms. The van der Waals surface area contributed by atoms with Crippen LogP contribution in [-0.2, 0) is 9.53 Å². The van der Waals surface area contributed by atoms with Gasteiger partial charge in [-0.15, -0.1) is 0 Å². The van der Waals surface area contributed by atoms with Gasteiger partial charge in [0.1, 0.15) is 11.8 Å². The van der Waals surface area contributed by atoms with Crippen LogP contribution in [0.4, 0.5) is 0 Å². The SMILES string of the molecule is N#C[C@@H](NC(=O)COc1cc(Cl)cc(Cl)c1)[C@H]1CCOC1. The Balaban J connectivity index is 1.85. The van der Waals surface area contributed by atoms with Crippen molar-refractivity contribution >= 4 is 29.1 Å². The first-order chi connectivity index (χ1) is 10.1. The van der Waals surface area contributed by atoms with Crippen LogP contribution in [0.5, 0.6) is 5.75 Å². The van der Waals surface area contributed by atoms with Gasteiger partial charge >= 0.3 is 0 Å². The minimum atomic E-state index is -0.563. The van der Waals surface area contributed by atoms with Crippen molar-refractivity contribution < 1.29 is 14.3 Å². The Labute approximate surface area is 132 Å². The standard InChI is InChI=1S/C14H14Cl2N2O3/c15-10-3-11(16)5-12(4-10)21-8-14(19)18-13(6-17)9-1-2-20-7-9/h3-5,9,13H,1-2,7-8H2,(H,18,19)/t9-,13+/m0/s1. The van der Waals surface area contributed by atoms with Gasteiger partial charge in [0.2, 0.25) is 0 Å². The van der Waals surface area contributed by atoms with Crippen LogP contribution in [0.1, 0.15) is 6.42 Å². The molecule has 1 amide bonds. The Morgan fingerprint density at radius 2 is 2.19 bits per heavy atom. The van der Waals surface area contributed by atoms with E-state index in [-0.39, 0.29) is 18.4 Å². The van der Waals surface area contributed by atoms with Gasteiger partial charge in [0.15, 0.2) is 6.61 Å². The monoisotopic (exact) mass is 328 g/mol.